The van der Waals surface area contributed by atoms with Crippen LogP contribution in [0.3, 0.4) is 0 Å². The van der Waals surface area contributed by atoms with Gasteiger partial charge < -0.3 is 10.2 Å². The zero-order valence-electron chi connectivity index (χ0n) is 17.7. The maximum absolute atomic E-state index is 13.8. The van der Waals surface area contributed by atoms with Crippen LogP contribution in [0.4, 0.5) is 4.39 Å². The van der Waals surface area contributed by atoms with E-state index in [1.54, 1.807) is 12.1 Å². The minimum Gasteiger partial charge on any atom is -0.349 e. The Labute approximate surface area is 174 Å². The molecule has 0 spiro atoms. The van der Waals surface area contributed by atoms with Crippen LogP contribution in [-0.4, -0.2) is 35.8 Å². The van der Waals surface area contributed by atoms with E-state index in [-0.39, 0.29) is 23.4 Å². The van der Waals surface area contributed by atoms with Crippen LogP contribution in [0, 0.1) is 17.7 Å². The summed E-state index contributed by atoms with van der Waals surface area (Å²) in [4.78, 5) is 27.5. The Bertz CT molecular complexity index is 679. The lowest BCUT2D eigenvalue weighted by atomic mass is 9.81. The van der Waals surface area contributed by atoms with Crippen molar-refractivity contribution in [3.05, 3.63) is 35.6 Å². The number of piperidine rings is 1. The molecule has 2 fully saturated rings. The van der Waals surface area contributed by atoms with Crippen LogP contribution >= 0.6 is 0 Å². The van der Waals surface area contributed by atoms with Gasteiger partial charge in [-0.2, -0.15) is 0 Å². The predicted octanol–water partition coefficient (Wildman–Crippen LogP) is 4.93. The molecule has 1 saturated heterocycles. The van der Waals surface area contributed by atoms with Crippen molar-refractivity contribution in [1.29, 1.82) is 0 Å². The number of carbonyl (C=O) groups is 2. The van der Waals surface area contributed by atoms with Gasteiger partial charge >= 0.3 is 0 Å². The summed E-state index contributed by atoms with van der Waals surface area (Å²) in [5, 5.41) is 2.94. The quantitative estimate of drug-likeness (QED) is 0.703. The molecule has 160 valence electrons. The van der Waals surface area contributed by atoms with Gasteiger partial charge in [0.25, 0.3) is 5.91 Å². The summed E-state index contributed by atoms with van der Waals surface area (Å²) in [5.41, 5.74) is 0.0847. The standard InChI is InChI=1S/C24H35FN2O2/c1-2-8-19(17-18-9-4-3-5-10-18)24(29)27-15-13-20(14-16-27)26-23(28)21-11-6-7-12-22(21)25/h6-7,11-12,18-20H,2-5,8-10,13-17H2,1H3,(H,26,28). The molecule has 1 aromatic carbocycles. The van der Waals surface area contributed by atoms with Gasteiger partial charge in [-0.3, -0.25) is 9.59 Å². The second-order valence-electron chi connectivity index (χ2n) is 8.78. The van der Waals surface area contributed by atoms with Crippen LogP contribution in [0.15, 0.2) is 24.3 Å². The molecule has 0 bridgehead atoms. The van der Waals surface area contributed by atoms with Gasteiger partial charge in [0.05, 0.1) is 5.56 Å². The molecule has 0 radical (unpaired) electrons. The Morgan fingerprint density at radius 1 is 1.10 bits per heavy atom. The van der Waals surface area contributed by atoms with E-state index in [1.165, 1.54) is 44.2 Å². The molecule has 1 atom stereocenters. The highest BCUT2D eigenvalue weighted by atomic mass is 19.1. The molecule has 1 N–H and O–H groups in total. The van der Waals surface area contributed by atoms with Gasteiger partial charge in [-0.15, -0.1) is 0 Å². The van der Waals surface area contributed by atoms with E-state index in [2.05, 4.69) is 12.2 Å². The summed E-state index contributed by atoms with van der Waals surface area (Å²) in [5.74, 6) is 0.294. The van der Waals surface area contributed by atoms with E-state index >= 15 is 0 Å². The number of nitrogens with zero attached hydrogens (tertiary/aromatic N) is 1. The minimum atomic E-state index is -0.497. The molecular formula is C24H35FN2O2. The van der Waals surface area contributed by atoms with Gasteiger partial charge in [-0.1, -0.05) is 57.6 Å². The number of likely N-dealkylation sites (tertiary alicyclic amines) is 1. The van der Waals surface area contributed by atoms with Gasteiger partial charge in [0, 0.05) is 25.0 Å². The number of amides is 2. The molecule has 1 aliphatic heterocycles. The highest BCUT2D eigenvalue weighted by molar-refractivity contribution is 5.94. The maximum Gasteiger partial charge on any atom is 0.254 e. The van der Waals surface area contributed by atoms with Gasteiger partial charge in [-0.05, 0) is 43.7 Å². The Morgan fingerprint density at radius 3 is 2.45 bits per heavy atom. The van der Waals surface area contributed by atoms with E-state index in [0.29, 0.717) is 24.9 Å². The molecule has 1 heterocycles. The van der Waals surface area contributed by atoms with Gasteiger partial charge in [-0.25, -0.2) is 4.39 Å². The number of hydrogen-bond acceptors (Lipinski definition) is 2. The first-order valence-electron chi connectivity index (χ1n) is 11.4. The lowest BCUT2D eigenvalue weighted by Crippen LogP contribution is -2.48. The van der Waals surface area contributed by atoms with Crippen LogP contribution in [-0.2, 0) is 4.79 Å². The summed E-state index contributed by atoms with van der Waals surface area (Å²) >= 11 is 0. The van der Waals surface area contributed by atoms with Gasteiger partial charge in [0.15, 0.2) is 0 Å². The Balaban J connectivity index is 1.49. The Morgan fingerprint density at radius 2 is 1.79 bits per heavy atom. The number of carbonyl (C=O) groups excluding carboxylic acids is 2. The SMILES string of the molecule is CCCC(CC1CCCCC1)C(=O)N1CCC(NC(=O)c2ccccc2F)CC1. The van der Waals surface area contributed by atoms with Crippen molar-refractivity contribution < 1.29 is 14.0 Å². The molecule has 29 heavy (non-hydrogen) atoms. The summed E-state index contributed by atoms with van der Waals surface area (Å²) in [6.07, 6.45) is 11.0. The molecule has 3 rings (SSSR count). The monoisotopic (exact) mass is 402 g/mol. The number of benzene rings is 1. The average Bonchev–Trinajstić information content (AvgIpc) is 2.74. The Hall–Kier alpha value is -1.91. The average molecular weight is 403 g/mol. The van der Waals surface area contributed by atoms with E-state index in [1.807, 2.05) is 4.90 Å². The summed E-state index contributed by atoms with van der Waals surface area (Å²) in [6, 6.07) is 6.05. The summed E-state index contributed by atoms with van der Waals surface area (Å²) in [6.45, 7) is 3.50. The fraction of sp³-hybridized carbons (Fsp3) is 0.667. The third-order valence-corrected chi connectivity index (χ3v) is 6.59. The smallest absolute Gasteiger partial charge is 0.254 e. The first-order chi connectivity index (χ1) is 14.1. The van der Waals surface area contributed by atoms with Crippen LogP contribution in [0.1, 0.15) is 81.5 Å². The van der Waals surface area contributed by atoms with Crippen molar-refractivity contribution in [2.75, 3.05) is 13.1 Å². The Kier molecular flexibility index (Phi) is 8.08. The maximum atomic E-state index is 13.8. The zero-order valence-corrected chi connectivity index (χ0v) is 17.7. The third-order valence-electron chi connectivity index (χ3n) is 6.59. The number of halogens is 1. The summed E-state index contributed by atoms with van der Waals surface area (Å²) < 4.78 is 13.8. The van der Waals surface area contributed by atoms with Crippen molar-refractivity contribution >= 4 is 11.8 Å². The lowest BCUT2D eigenvalue weighted by Gasteiger charge is -2.35. The molecule has 1 unspecified atom stereocenters. The van der Waals surface area contributed by atoms with Crippen molar-refractivity contribution in [2.45, 2.75) is 77.2 Å². The fourth-order valence-corrected chi connectivity index (χ4v) is 4.93. The second kappa shape index (κ2) is 10.7. The van der Waals surface area contributed by atoms with Crippen LogP contribution in [0.25, 0.3) is 0 Å². The van der Waals surface area contributed by atoms with E-state index in [0.717, 1.165) is 32.1 Å². The topological polar surface area (TPSA) is 49.4 Å². The van der Waals surface area contributed by atoms with Gasteiger partial charge in [0.2, 0.25) is 5.91 Å². The van der Waals surface area contributed by atoms with Crippen molar-refractivity contribution in [3.8, 4) is 0 Å². The second-order valence-corrected chi connectivity index (χ2v) is 8.78. The highest BCUT2D eigenvalue weighted by Crippen LogP contribution is 2.31. The fourth-order valence-electron chi connectivity index (χ4n) is 4.93. The van der Waals surface area contributed by atoms with Crippen LogP contribution in [0.2, 0.25) is 0 Å². The van der Waals surface area contributed by atoms with Crippen molar-refractivity contribution in [2.24, 2.45) is 11.8 Å². The van der Waals surface area contributed by atoms with Crippen molar-refractivity contribution in [3.63, 3.8) is 0 Å². The molecule has 2 aliphatic rings. The molecule has 1 aliphatic carbocycles. The minimum absolute atomic E-state index is 0.00544. The van der Waals surface area contributed by atoms with Crippen LogP contribution < -0.4 is 5.32 Å². The normalized spacial score (nSPS) is 19.7. The predicted molar refractivity (Wildman–Crippen MR) is 113 cm³/mol. The first kappa shape index (κ1) is 21.8. The highest BCUT2D eigenvalue weighted by Gasteiger charge is 2.30. The van der Waals surface area contributed by atoms with E-state index in [4.69, 9.17) is 0 Å². The molecule has 1 saturated carbocycles. The van der Waals surface area contributed by atoms with E-state index in [9.17, 15) is 14.0 Å². The molecular weight excluding hydrogens is 367 g/mol. The van der Waals surface area contributed by atoms with Crippen LogP contribution in [0.5, 0.6) is 0 Å². The molecule has 4 nitrogen and oxygen atoms in total. The van der Waals surface area contributed by atoms with E-state index < -0.39 is 5.82 Å². The van der Waals surface area contributed by atoms with Gasteiger partial charge in [0.1, 0.15) is 5.82 Å². The third kappa shape index (κ3) is 6.03. The molecule has 0 aromatic heterocycles. The summed E-state index contributed by atoms with van der Waals surface area (Å²) in [7, 11) is 0. The van der Waals surface area contributed by atoms with Crippen molar-refractivity contribution in [1.82, 2.24) is 10.2 Å². The number of hydrogen-bond donors (Lipinski definition) is 1. The molecule has 5 heteroatoms. The first-order valence-corrected chi connectivity index (χ1v) is 11.4. The molecule has 2 amide bonds. The number of rotatable bonds is 7. The zero-order chi connectivity index (χ0) is 20.6. The molecule has 1 aromatic rings. The lowest BCUT2D eigenvalue weighted by molar-refractivity contribution is -0.137. The number of nitrogens with one attached hydrogen (secondary N) is 1. The largest absolute Gasteiger partial charge is 0.349 e.